The Hall–Kier alpha value is -5.14. The van der Waals surface area contributed by atoms with Crippen LogP contribution in [0.2, 0.25) is 0 Å². The maximum absolute atomic E-state index is 13.1. The van der Waals surface area contributed by atoms with Crippen molar-refractivity contribution >= 4 is 21.5 Å². The normalized spacial score (nSPS) is 10.9. The van der Waals surface area contributed by atoms with Crippen molar-refractivity contribution in [1.82, 2.24) is 0 Å². The third-order valence-corrected chi connectivity index (χ3v) is 6.84. The zero-order valence-corrected chi connectivity index (χ0v) is 22.2. The van der Waals surface area contributed by atoms with E-state index in [0.717, 1.165) is 38.2 Å². The first-order chi connectivity index (χ1) is 20.1. The molecule has 41 heavy (non-hydrogen) atoms. The number of hydrogen-bond acceptors (Lipinski definition) is 2. The molecule has 4 heteroatoms. The molecule has 200 valence electrons. The lowest BCUT2D eigenvalue weighted by atomic mass is 10.0. The fraction of sp³-hybridized carbons (Fsp3) is 0.0811. The van der Waals surface area contributed by atoms with Gasteiger partial charge in [-0.25, -0.2) is 8.78 Å². The SMILES string of the molecule is FC(F)c1cccc(C#Cc2ccc3cc4ccc(OCc5ccccc5)c(OCc5ccccc5)c4cc3c2)c1. The van der Waals surface area contributed by atoms with Crippen LogP contribution in [0.25, 0.3) is 21.5 Å². The molecular formula is C37H26F2O2. The molecule has 0 N–H and O–H groups in total. The third kappa shape index (κ3) is 6.21. The Morgan fingerprint density at radius 3 is 1.90 bits per heavy atom. The summed E-state index contributed by atoms with van der Waals surface area (Å²) in [5.41, 5.74) is 3.45. The van der Waals surface area contributed by atoms with Gasteiger partial charge in [0, 0.05) is 22.1 Å². The van der Waals surface area contributed by atoms with Gasteiger partial charge < -0.3 is 9.47 Å². The molecule has 2 nitrogen and oxygen atoms in total. The largest absolute Gasteiger partial charge is 0.485 e. The van der Waals surface area contributed by atoms with Crippen molar-refractivity contribution in [3.63, 3.8) is 0 Å². The van der Waals surface area contributed by atoms with Gasteiger partial charge in [-0.3, -0.25) is 0 Å². The first kappa shape index (κ1) is 26.1. The van der Waals surface area contributed by atoms with Crippen LogP contribution in [0.15, 0.2) is 127 Å². The zero-order valence-electron chi connectivity index (χ0n) is 22.2. The maximum Gasteiger partial charge on any atom is 0.263 e. The molecule has 0 aliphatic heterocycles. The molecular weight excluding hydrogens is 514 g/mol. The second-order valence-corrected chi connectivity index (χ2v) is 9.75. The smallest absolute Gasteiger partial charge is 0.263 e. The highest BCUT2D eigenvalue weighted by molar-refractivity contribution is 6.02. The lowest BCUT2D eigenvalue weighted by Gasteiger charge is -2.16. The highest BCUT2D eigenvalue weighted by Crippen LogP contribution is 2.39. The molecule has 0 bridgehead atoms. The Balaban J connectivity index is 1.37. The highest BCUT2D eigenvalue weighted by Gasteiger charge is 2.13. The molecule has 0 fully saturated rings. The summed E-state index contributed by atoms with van der Waals surface area (Å²) in [5.74, 6) is 7.51. The van der Waals surface area contributed by atoms with Gasteiger partial charge in [0.2, 0.25) is 0 Å². The Labute approximate surface area is 237 Å². The zero-order chi connectivity index (χ0) is 28.0. The number of hydrogen-bond donors (Lipinski definition) is 0. The minimum Gasteiger partial charge on any atom is -0.485 e. The van der Waals surface area contributed by atoms with Crippen molar-refractivity contribution in [1.29, 1.82) is 0 Å². The van der Waals surface area contributed by atoms with E-state index in [0.29, 0.717) is 30.3 Å². The van der Waals surface area contributed by atoms with Crippen LogP contribution in [0.1, 0.15) is 34.2 Å². The molecule has 6 aromatic carbocycles. The van der Waals surface area contributed by atoms with Crippen molar-refractivity contribution in [2.24, 2.45) is 0 Å². The molecule has 0 atom stereocenters. The van der Waals surface area contributed by atoms with Crippen LogP contribution in [-0.2, 0) is 13.2 Å². The van der Waals surface area contributed by atoms with Crippen LogP contribution < -0.4 is 9.47 Å². The topological polar surface area (TPSA) is 18.5 Å². The summed E-state index contributed by atoms with van der Waals surface area (Å²) in [4.78, 5) is 0. The summed E-state index contributed by atoms with van der Waals surface area (Å²) in [6.45, 7) is 0.830. The van der Waals surface area contributed by atoms with Gasteiger partial charge in [-0.05, 0) is 69.8 Å². The minimum absolute atomic E-state index is 0.0323. The molecule has 0 amide bonds. The van der Waals surface area contributed by atoms with Crippen LogP contribution in [0.3, 0.4) is 0 Å². The summed E-state index contributed by atoms with van der Waals surface area (Å²) in [6.07, 6.45) is -2.52. The molecule has 0 saturated carbocycles. The van der Waals surface area contributed by atoms with Crippen molar-refractivity contribution in [2.45, 2.75) is 19.6 Å². The predicted octanol–water partition coefficient (Wildman–Crippen LogP) is 9.49. The molecule has 0 radical (unpaired) electrons. The van der Waals surface area contributed by atoms with Crippen LogP contribution in [-0.4, -0.2) is 0 Å². The standard InChI is InChI=1S/C37H26F2O2/c38-37(39)32-13-7-12-26(20-32)14-15-27-16-17-30-22-31-18-19-35(40-24-28-8-3-1-4-9-28)36(34(31)23-33(30)21-27)41-25-29-10-5-2-6-11-29/h1-13,16-23,37H,24-25H2. The Kier molecular flexibility index (Phi) is 7.60. The van der Waals surface area contributed by atoms with Crippen molar-refractivity contribution in [3.8, 4) is 23.3 Å². The molecule has 6 aromatic rings. The quantitative estimate of drug-likeness (QED) is 0.148. The van der Waals surface area contributed by atoms with Gasteiger partial charge in [-0.2, -0.15) is 0 Å². The van der Waals surface area contributed by atoms with E-state index in [1.54, 1.807) is 12.1 Å². The first-order valence-corrected chi connectivity index (χ1v) is 13.4. The van der Waals surface area contributed by atoms with Crippen LogP contribution in [0, 0.1) is 11.8 Å². The summed E-state index contributed by atoms with van der Waals surface area (Å²) < 4.78 is 38.9. The average molecular weight is 541 g/mol. The van der Waals surface area contributed by atoms with Gasteiger partial charge in [0.1, 0.15) is 13.2 Å². The Bertz CT molecular complexity index is 1870. The third-order valence-electron chi connectivity index (χ3n) is 6.84. The Morgan fingerprint density at radius 2 is 1.20 bits per heavy atom. The summed E-state index contributed by atoms with van der Waals surface area (Å²) in [6, 6.07) is 40.5. The summed E-state index contributed by atoms with van der Waals surface area (Å²) >= 11 is 0. The Morgan fingerprint density at radius 1 is 0.537 bits per heavy atom. The molecule has 6 rings (SSSR count). The molecule has 0 heterocycles. The second kappa shape index (κ2) is 11.9. The van der Waals surface area contributed by atoms with Crippen LogP contribution in [0.4, 0.5) is 8.78 Å². The number of benzene rings is 6. The van der Waals surface area contributed by atoms with E-state index in [1.165, 1.54) is 12.1 Å². The summed E-state index contributed by atoms with van der Waals surface area (Å²) in [5, 5.41) is 4.04. The van der Waals surface area contributed by atoms with Gasteiger partial charge in [0.05, 0.1) is 0 Å². The van der Waals surface area contributed by atoms with Crippen LogP contribution in [0.5, 0.6) is 11.5 Å². The lowest BCUT2D eigenvalue weighted by molar-refractivity contribution is 0.151. The van der Waals surface area contributed by atoms with E-state index in [-0.39, 0.29) is 5.56 Å². The van der Waals surface area contributed by atoms with E-state index in [9.17, 15) is 8.78 Å². The van der Waals surface area contributed by atoms with Crippen LogP contribution >= 0.6 is 0 Å². The fourth-order valence-corrected chi connectivity index (χ4v) is 4.73. The van der Waals surface area contributed by atoms with E-state index in [4.69, 9.17) is 9.47 Å². The van der Waals surface area contributed by atoms with E-state index in [1.807, 2.05) is 91.0 Å². The fourth-order valence-electron chi connectivity index (χ4n) is 4.73. The molecule has 0 spiro atoms. The van der Waals surface area contributed by atoms with E-state index >= 15 is 0 Å². The van der Waals surface area contributed by atoms with Gasteiger partial charge in [0.15, 0.2) is 11.5 Å². The average Bonchev–Trinajstić information content (AvgIpc) is 3.02. The van der Waals surface area contributed by atoms with Crippen molar-refractivity contribution in [3.05, 3.63) is 155 Å². The minimum atomic E-state index is -2.52. The van der Waals surface area contributed by atoms with E-state index < -0.39 is 6.43 Å². The molecule has 0 aromatic heterocycles. The van der Waals surface area contributed by atoms with E-state index in [2.05, 4.69) is 24.0 Å². The van der Waals surface area contributed by atoms with Gasteiger partial charge >= 0.3 is 0 Å². The lowest BCUT2D eigenvalue weighted by Crippen LogP contribution is -2.01. The maximum atomic E-state index is 13.1. The van der Waals surface area contributed by atoms with Crippen molar-refractivity contribution in [2.75, 3.05) is 0 Å². The number of ether oxygens (including phenoxy) is 2. The monoisotopic (exact) mass is 540 g/mol. The molecule has 0 aliphatic carbocycles. The number of halogens is 2. The predicted molar refractivity (Wildman–Crippen MR) is 160 cm³/mol. The molecule has 0 aliphatic rings. The number of fused-ring (bicyclic) bond motifs is 2. The van der Waals surface area contributed by atoms with Gasteiger partial charge in [-0.15, -0.1) is 0 Å². The number of rotatable bonds is 7. The highest BCUT2D eigenvalue weighted by atomic mass is 19.3. The molecule has 0 saturated heterocycles. The first-order valence-electron chi connectivity index (χ1n) is 13.4. The van der Waals surface area contributed by atoms with Gasteiger partial charge in [-0.1, -0.05) is 96.8 Å². The molecule has 0 unspecified atom stereocenters. The summed E-state index contributed by atoms with van der Waals surface area (Å²) in [7, 11) is 0. The van der Waals surface area contributed by atoms with Crippen molar-refractivity contribution < 1.29 is 18.3 Å². The van der Waals surface area contributed by atoms with Gasteiger partial charge in [0.25, 0.3) is 6.43 Å². The number of alkyl halides is 2. The second-order valence-electron chi connectivity index (χ2n) is 9.75.